The molecular weight excluding hydrogens is 332 g/mol. The number of carbonyl (C=O) groups excluding carboxylic acids is 1. The van der Waals surface area contributed by atoms with Crippen LogP contribution in [0, 0.1) is 0 Å². The van der Waals surface area contributed by atoms with Crippen molar-refractivity contribution in [2.75, 3.05) is 18.6 Å². The van der Waals surface area contributed by atoms with Gasteiger partial charge in [0.05, 0.1) is 12.7 Å². The molecule has 0 unspecified atom stereocenters. The Morgan fingerprint density at radius 1 is 1.38 bits per heavy atom. The van der Waals surface area contributed by atoms with Crippen LogP contribution >= 0.6 is 15.9 Å². The quantitative estimate of drug-likeness (QED) is 0.800. The van der Waals surface area contributed by atoms with Gasteiger partial charge in [0.25, 0.3) is 0 Å². The maximum Gasteiger partial charge on any atom is 0.337 e. The second-order valence-corrected chi connectivity index (χ2v) is 5.93. The molecule has 108 valence electrons. The third kappa shape index (κ3) is 2.93. The number of rotatable bonds is 3. The molecule has 0 N–H and O–H groups in total. The third-order valence-corrected chi connectivity index (χ3v) is 4.07. The molecule has 5 heteroatoms. The number of hydrogen-bond acceptors (Lipinski definition) is 4. The zero-order chi connectivity index (χ0) is 14.8. The van der Waals surface area contributed by atoms with Crippen LogP contribution in [0.1, 0.15) is 21.5 Å². The molecule has 0 bridgehead atoms. The summed E-state index contributed by atoms with van der Waals surface area (Å²) in [7, 11) is 1.40. The van der Waals surface area contributed by atoms with E-state index in [1.807, 2.05) is 24.4 Å². The fraction of sp³-hybridized carbons (Fsp3) is 0.250. The van der Waals surface area contributed by atoms with Gasteiger partial charge in [0.2, 0.25) is 0 Å². The molecule has 0 amide bonds. The van der Waals surface area contributed by atoms with Gasteiger partial charge in [0.1, 0.15) is 0 Å². The van der Waals surface area contributed by atoms with Gasteiger partial charge in [-0.1, -0.05) is 6.07 Å². The molecule has 0 fully saturated rings. The summed E-state index contributed by atoms with van der Waals surface area (Å²) in [4.78, 5) is 18.1. The van der Waals surface area contributed by atoms with Crippen molar-refractivity contribution in [2.45, 2.75) is 13.0 Å². The predicted octanol–water partition coefficient (Wildman–Crippen LogP) is 3.19. The van der Waals surface area contributed by atoms with Crippen molar-refractivity contribution in [2.24, 2.45) is 0 Å². The molecular formula is C16H15BrN2O2. The fourth-order valence-electron chi connectivity index (χ4n) is 2.62. The van der Waals surface area contributed by atoms with E-state index in [1.54, 1.807) is 6.20 Å². The highest BCUT2D eigenvalue weighted by atomic mass is 79.9. The van der Waals surface area contributed by atoms with Crippen LogP contribution in [0.5, 0.6) is 0 Å². The van der Waals surface area contributed by atoms with Crippen LogP contribution in [-0.2, 0) is 17.7 Å². The topological polar surface area (TPSA) is 42.4 Å². The van der Waals surface area contributed by atoms with E-state index in [0.29, 0.717) is 5.56 Å². The number of nitrogens with zero attached hydrogens (tertiary/aromatic N) is 2. The number of aromatic nitrogens is 1. The van der Waals surface area contributed by atoms with Gasteiger partial charge in [-0.2, -0.15) is 0 Å². The average molecular weight is 347 g/mol. The van der Waals surface area contributed by atoms with Crippen molar-refractivity contribution in [1.29, 1.82) is 0 Å². The molecule has 1 aromatic heterocycles. The van der Waals surface area contributed by atoms with Crippen LogP contribution in [0.25, 0.3) is 0 Å². The van der Waals surface area contributed by atoms with Gasteiger partial charge in [0.15, 0.2) is 0 Å². The van der Waals surface area contributed by atoms with E-state index in [4.69, 9.17) is 4.74 Å². The molecule has 2 heterocycles. The molecule has 1 aliphatic rings. The summed E-state index contributed by atoms with van der Waals surface area (Å²) in [6, 6.07) is 7.82. The van der Waals surface area contributed by atoms with Crippen molar-refractivity contribution >= 4 is 27.6 Å². The molecule has 21 heavy (non-hydrogen) atoms. The van der Waals surface area contributed by atoms with Gasteiger partial charge in [-0.25, -0.2) is 4.79 Å². The SMILES string of the molecule is COC(=O)c1ccc2c(c1)N(Cc1cncc(Br)c1)CC2. The maximum absolute atomic E-state index is 11.7. The van der Waals surface area contributed by atoms with E-state index < -0.39 is 0 Å². The average Bonchev–Trinajstić information content (AvgIpc) is 2.89. The van der Waals surface area contributed by atoms with Crippen LogP contribution in [-0.4, -0.2) is 24.6 Å². The van der Waals surface area contributed by atoms with Crippen molar-refractivity contribution < 1.29 is 9.53 Å². The molecule has 0 atom stereocenters. The number of halogens is 1. The molecule has 3 rings (SSSR count). The number of esters is 1. The zero-order valence-electron chi connectivity index (χ0n) is 11.7. The smallest absolute Gasteiger partial charge is 0.337 e. The Labute approximate surface area is 131 Å². The van der Waals surface area contributed by atoms with Gasteiger partial charge in [0, 0.05) is 35.6 Å². The Hall–Kier alpha value is -1.88. The maximum atomic E-state index is 11.7. The second kappa shape index (κ2) is 5.85. The number of pyridine rings is 1. The summed E-state index contributed by atoms with van der Waals surface area (Å²) in [6.45, 7) is 1.73. The Morgan fingerprint density at radius 3 is 3.00 bits per heavy atom. The molecule has 1 aliphatic heterocycles. The first-order chi connectivity index (χ1) is 10.2. The number of hydrogen-bond donors (Lipinski definition) is 0. The summed E-state index contributed by atoms with van der Waals surface area (Å²) < 4.78 is 5.77. The number of ether oxygens (including phenoxy) is 1. The van der Waals surface area contributed by atoms with Gasteiger partial charge in [-0.15, -0.1) is 0 Å². The van der Waals surface area contributed by atoms with E-state index >= 15 is 0 Å². The molecule has 0 saturated heterocycles. The highest BCUT2D eigenvalue weighted by molar-refractivity contribution is 9.10. The largest absolute Gasteiger partial charge is 0.465 e. The van der Waals surface area contributed by atoms with Crippen molar-refractivity contribution in [3.05, 3.63) is 57.8 Å². The lowest BCUT2D eigenvalue weighted by Crippen LogP contribution is -2.20. The molecule has 0 radical (unpaired) electrons. The van der Waals surface area contributed by atoms with Crippen molar-refractivity contribution in [3.63, 3.8) is 0 Å². The normalized spacial score (nSPS) is 13.1. The molecule has 1 aromatic carbocycles. The lowest BCUT2D eigenvalue weighted by Gasteiger charge is -2.19. The molecule has 0 saturated carbocycles. The number of anilines is 1. The molecule has 2 aromatic rings. The van der Waals surface area contributed by atoms with Crippen LogP contribution in [0.2, 0.25) is 0 Å². The van der Waals surface area contributed by atoms with Crippen LogP contribution < -0.4 is 4.90 Å². The second-order valence-electron chi connectivity index (χ2n) is 5.02. The summed E-state index contributed by atoms with van der Waals surface area (Å²) in [5.41, 5.74) is 4.11. The van der Waals surface area contributed by atoms with Crippen LogP contribution in [0.4, 0.5) is 5.69 Å². The minimum absolute atomic E-state index is 0.297. The number of methoxy groups -OCH3 is 1. The summed E-state index contributed by atoms with van der Waals surface area (Å²) in [5.74, 6) is -0.297. The van der Waals surface area contributed by atoms with Gasteiger partial charge >= 0.3 is 5.97 Å². The zero-order valence-corrected chi connectivity index (χ0v) is 13.3. The number of fused-ring (bicyclic) bond motifs is 1. The van der Waals surface area contributed by atoms with Crippen LogP contribution in [0.3, 0.4) is 0 Å². The lowest BCUT2D eigenvalue weighted by molar-refractivity contribution is 0.0601. The molecule has 0 aliphatic carbocycles. The fourth-order valence-corrected chi connectivity index (χ4v) is 3.03. The standard InChI is InChI=1S/C16H15BrN2O2/c1-21-16(20)13-3-2-12-4-5-19(15(12)7-13)10-11-6-14(17)9-18-8-11/h2-3,6-9H,4-5,10H2,1H3. The minimum Gasteiger partial charge on any atom is -0.465 e. The van der Waals surface area contributed by atoms with Crippen molar-refractivity contribution in [3.8, 4) is 0 Å². The van der Waals surface area contributed by atoms with Gasteiger partial charge in [-0.05, 0) is 51.7 Å². The minimum atomic E-state index is -0.297. The Balaban J connectivity index is 1.87. The highest BCUT2D eigenvalue weighted by Gasteiger charge is 2.21. The highest BCUT2D eigenvalue weighted by Crippen LogP contribution is 2.30. The van der Waals surface area contributed by atoms with E-state index in [0.717, 1.165) is 35.2 Å². The Bertz CT molecular complexity index is 688. The summed E-state index contributed by atoms with van der Waals surface area (Å²) >= 11 is 3.44. The third-order valence-electron chi connectivity index (χ3n) is 3.63. The van der Waals surface area contributed by atoms with E-state index in [2.05, 4.69) is 31.9 Å². The first kappa shape index (κ1) is 14.1. The van der Waals surface area contributed by atoms with Gasteiger partial charge < -0.3 is 9.64 Å². The van der Waals surface area contributed by atoms with Crippen molar-refractivity contribution in [1.82, 2.24) is 4.98 Å². The van der Waals surface area contributed by atoms with E-state index in [-0.39, 0.29) is 5.97 Å². The predicted molar refractivity (Wildman–Crippen MR) is 84.5 cm³/mol. The number of carbonyl (C=O) groups is 1. The van der Waals surface area contributed by atoms with E-state index in [1.165, 1.54) is 12.7 Å². The lowest BCUT2D eigenvalue weighted by atomic mass is 10.1. The van der Waals surface area contributed by atoms with Gasteiger partial charge in [-0.3, -0.25) is 4.98 Å². The Kier molecular flexibility index (Phi) is 3.92. The Morgan fingerprint density at radius 2 is 2.24 bits per heavy atom. The van der Waals surface area contributed by atoms with E-state index in [9.17, 15) is 4.79 Å². The molecule has 0 spiro atoms. The molecule has 4 nitrogen and oxygen atoms in total. The first-order valence-electron chi connectivity index (χ1n) is 6.73. The number of benzene rings is 1. The summed E-state index contributed by atoms with van der Waals surface area (Å²) in [5, 5.41) is 0. The summed E-state index contributed by atoms with van der Waals surface area (Å²) in [6.07, 6.45) is 4.64. The van der Waals surface area contributed by atoms with Crippen LogP contribution in [0.15, 0.2) is 41.1 Å². The monoisotopic (exact) mass is 346 g/mol. The first-order valence-corrected chi connectivity index (χ1v) is 7.52.